The molecule has 1 rings (SSSR count). The summed E-state index contributed by atoms with van der Waals surface area (Å²) in [6, 6.07) is 6.38. The lowest BCUT2D eigenvalue weighted by atomic mass is 10.2. The summed E-state index contributed by atoms with van der Waals surface area (Å²) < 4.78 is 10.6. The van der Waals surface area contributed by atoms with Crippen molar-refractivity contribution in [3.8, 4) is 5.75 Å². The first-order chi connectivity index (χ1) is 8.24. The van der Waals surface area contributed by atoms with Gasteiger partial charge in [-0.1, -0.05) is 12.1 Å². The largest absolute Gasteiger partial charge is 0.491 e. The van der Waals surface area contributed by atoms with E-state index in [1.54, 1.807) is 18.2 Å². The van der Waals surface area contributed by atoms with E-state index in [1.165, 1.54) is 12.1 Å². The number of benzene rings is 1. The zero-order chi connectivity index (χ0) is 12.5. The summed E-state index contributed by atoms with van der Waals surface area (Å²) in [5.41, 5.74) is 0.218. The molecule has 1 aromatic carbocycles. The average Bonchev–Trinajstić information content (AvgIpc) is 2.34. The lowest BCUT2D eigenvalue weighted by Crippen LogP contribution is -2.07. The fraction of sp³-hybridized carbons (Fsp3) is 0.308. The molecule has 0 saturated carbocycles. The van der Waals surface area contributed by atoms with E-state index in [2.05, 4.69) is 6.58 Å². The molecule has 4 heteroatoms. The van der Waals surface area contributed by atoms with Crippen LogP contribution in [0.5, 0.6) is 5.75 Å². The lowest BCUT2D eigenvalue weighted by molar-refractivity contribution is 0.0696. The normalized spacial score (nSPS) is 9.88. The third kappa shape index (κ3) is 5.17. The first kappa shape index (κ1) is 13.3. The second kappa shape index (κ2) is 7.46. The van der Waals surface area contributed by atoms with Gasteiger partial charge in [0.15, 0.2) is 0 Å². The Morgan fingerprint density at radius 1 is 1.35 bits per heavy atom. The summed E-state index contributed by atoms with van der Waals surface area (Å²) in [7, 11) is 0. The van der Waals surface area contributed by atoms with Crippen molar-refractivity contribution in [1.82, 2.24) is 0 Å². The molecule has 0 amide bonds. The van der Waals surface area contributed by atoms with Crippen molar-refractivity contribution in [2.75, 3.05) is 19.8 Å². The minimum absolute atomic E-state index is 0.218. The van der Waals surface area contributed by atoms with Gasteiger partial charge in [-0.15, -0.1) is 6.58 Å². The van der Waals surface area contributed by atoms with E-state index in [0.717, 1.165) is 6.42 Å². The summed E-state index contributed by atoms with van der Waals surface area (Å²) in [5.74, 6) is -0.421. The molecule has 17 heavy (non-hydrogen) atoms. The van der Waals surface area contributed by atoms with Gasteiger partial charge in [0.05, 0.1) is 18.8 Å². The third-order valence-electron chi connectivity index (χ3n) is 2.04. The van der Waals surface area contributed by atoms with E-state index >= 15 is 0 Å². The number of ether oxygens (including phenoxy) is 2. The second-order valence-electron chi connectivity index (χ2n) is 3.37. The van der Waals surface area contributed by atoms with Crippen LogP contribution in [0.25, 0.3) is 0 Å². The number of carboxylic acids is 1. The Kier molecular flexibility index (Phi) is 5.82. The van der Waals surface area contributed by atoms with Gasteiger partial charge in [-0.3, -0.25) is 0 Å². The predicted molar refractivity (Wildman–Crippen MR) is 64.5 cm³/mol. The van der Waals surface area contributed by atoms with Gasteiger partial charge in [-0.25, -0.2) is 4.79 Å². The van der Waals surface area contributed by atoms with Crippen LogP contribution >= 0.6 is 0 Å². The van der Waals surface area contributed by atoms with E-state index in [9.17, 15) is 4.79 Å². The second-order valence-corrected chi connectivity index (χ2v) is 3.37. The van der Waals surface area contributed by atoms with Crippen molar-refractivity contribution in [3.63, 3.8) is 0 Å². The fourth-order valence-corrected chi connectivity index (χ4v) is 1.21. The smallest absolute Gasteiger partial charge is 0.335 e. The van der Waals surface area contributed by atoms with Crippen LogP contribution in [-0.2, 0) is 4.74 Å². The Bertz CT molecular complexity index is 373. The topological polar surface area (TPSA) is 55.8 Å². The molecule has 0 heterocycles. The molecular formula is C13H16O4. The molecule has 0 spiro atoms. The van der Waals surface area contributed by atoms with Gasteiger partial charge >= 0.3 is 5.97 Å². The van der Waals surface area contributed by atoms with Gasteiger partial charge in [-0.2, -0.15) is 0 Å². The third-order valence-corrected chi connectivity index (χ3v) is 2.04. The molecule has 0 aliphatic carbocycles. The quantitative estimate of drug-likeness (QED) is 0.556. The van der Waals surface area contributed by atoms with Crippen LogP contribution in [0.2, 0.25) is 0 Å². The van der Waals surface area contributed by atoms with Gasteiger partial charge in [0.2, 0.25) is 0 Å². The Morgan fingerprint density at radius 2 is 2.18 bits per heavy atom. The van der Waals surface area contributed by atoms with Crippen LogP contribution in [0.4, 0.5) is 0 Å². The number of hydrogen-bond acceptors (Lipinski definition) is 3. The average molecular weight is 236 g/mol. The maximum atomic E-state index is 10.7. The monoisotopic (exact) mass is 236 g/mol. The molecule has 4 nitrogen and oxygen atoms in total. The maximum Gasteiger partial charge on any atom is 0.335 e. The molecule has 0 saturated heterocycles. The van der Waals surface area contributed by atoms with Crippen LogP contribution in [0, 0.1) is 0 Å². The maximum absolute atomic E-state index is 10.7. The molecule has 0 unspecified atom stereocenters. The van der Waals surface area contributed by atoms with E-state index in [0.29, 0.717) is 25.6 Å². The van der Waals surface area contributed by atoms with Crippen LogP contribution in [0.1, 0.15) is 16.8 Å². The molecule has 0 aliphatic heterocycles. The van der Waals surface area contributed by atoms with Crippen molar-refractivity contribution in [2.45, 2.75) is 6.42 Å². The fourth-order valence-electron chi connectivity index (χ4n) is 1.21. The van der Waals surface area contributed by atoms with E-state index < -0.39 is 5.97 Å². The van der Waals surface area contributed by atoms with Crippen molar-refractivity contribution in [1.29, 1.82) is 0 Å². The summed E-state index contributed by atoms with van der Waals surface area (Å²) in [4.78, 5) is 10.7. The molecule has 1 aromatic rings. The highest BCUT2D eigenvalue weighted by Gasteiger charge is 2.03. The van der Waals surface area contributed by atoms with Crippen LogP contribution in [-0.4, -0.2) is 30.9 Å². The van der Waals surface area contributed by atoms with Crippen LogP contribution in [0.3, 0.4) is 0 Å². The molecule has 0 aliphatic rings. The Hall–Kier alpha value is -1.81. The van der Waals surface area contributed by atoms with E-state index in [1.807, 2.05) is 0 Å². The summed E-state index contributed by atoms with van der Waals surface area (Å²) in [6.45, 7) is 5.09. The van der Waals surface area contributed by atoms with Gasteiger partial charge in [0.1, 0.15) is 12.4 Å². The van der Waals surface area contributed by atoms with Crippen molar-refractivity contribution in [3.05, 3.63) is 42.5 Å². The molecule has 0 radical (unpaired) electrons. The lowest BCUT2D eigenvalue weighted by Gasteiger charge is -2.07. The van der Waals surface area contributed by atoms with Crippen molar-refractivity contribution in [2.24, 2.45) is 0 Å². The highest BCUT2D eigenvalue weighted by Crippen LogP contribution is 2.13. The van der Waals surface area contributed by atoms with Gasteiger partial charge in [0, 0.05) is 0 Å². The van der Waals surface area contributed by atoms with Crippen molar-refractivity contribution >= 4 is 5.97 Å². The molecule has 0 aromatic heterocycles. The minimum Gasteiger partial charge on any atom is -0.491 e. The summed E-state index contributed by atoms with van der Waals surface area (Å²) in [5, 5.41) is 8.79. The Labute approximate surface area is 100 Å². The van der Waals surface area contributed by atoms with E-state index in [-0.39, 0.29) is 5.56 Å². The van der Waals surface area contributed by atoms with Crippen molar-refractivity contribution < 1.29 is 19.4 Å². The van der Waals surface area contributed by atoms with Gasteiger partial charge in [0.25, 0.3) is 0 Å². The highest BCUT2D eigenvalue weighted by molar-refractivity contribution is 5.87. The molecule has 1 N–H and O–H groups in total. The van der Waals surface area contributed by atoms with Crippen LogP contribution in [0.15, 0.2) is 36.9 Å². The SMILES string of the molecule is C=CCCOCCOc1cccc(C(=O)O)c1. The highest BCUT2D eigenvalue weighted by atomic mass is 16.5. The number of aromatic carboxylic acids is 1. The minimum atomic E-state index is -0.960. The van der Waals surface area contributed by atoms with E-state index in [4.69, 9.17) is 14.6 Å². The Morgan fingerprint density at radius 3 is 2.88 bits per heavy atom. The summed E-state index contributed by atoms with van der Waals surface area (Å²) >= 11 is 0. The Balaban J connectivity index is 2.29. The number of hydrogen-bond donors (Lipinski definition) is 1. The van der Waals surface area contributed by atoms with Gasteiger partial charge < -0.3 is 14.6 Å². The zero-order valence-electron chi connectivity index (χ0n) is 9.59. The number of rotatable bonds is 8. The number of carboxylic acid groups (broad SMARTS) is 1. The van der Waals surface area contributed by atoms with Crippen LogP contribution < -0.4 is 4.74 Å². The molecule has 0 atom stereocenters. The molecule has 0 bridgehead atoms. The molecular weight excluding hydrogens is 220 g/mol. The molecule has 92 valence electrons. The number of carbonyl (C=O) groups is 1. The zero-order valence-corrected chi connectivity index (χ0v) is 9.59. The van der Waals surface area contributed by atoms with Gasteiger partial charge in [-0.05, 0) is 24.6 Å². The standard InChI is InChI=1S/C13H16O4/c1-2-3-7-16-8-9-17-12-6-4-5-11(10-12)13(14)15/h2,4-6,10H,1,3,7-9H2,(H,14,15). The first-order valence-corrected chi connectivity index (χ1v) is 5.39. The molecule has 0 fully saturated rings. The first-order valence-electron chi connectivity index (χ1n) is 5.39. The summed E-state index contributed by atoms with van der Waals surface area (Å²) in [6.07, 6.45) is 2.60. The predicted octanol–water partition coefficient (Wildman–Crippen LogP) is 2.36.